The molecule has 3 atom stereocenters. The Hall–Kier alpha value is -1.14. The number of carbonyl (C=O) groups is 2. The van der Waals surface area contributed by atoms with Gasteiger partial charge < -0.3 is 19.9 Å². The zero-order valence-corrected chi connectivity index (χ0v) is 9.77. The Morgan fingerprint density at radius 3 is 2.82 bits per heavy atom. The molecular formula is C11H17NO5. The van der Waals surface area contributed by atoms with Gasteiger partial charge in [0.25, 0.3) is 0 Å². The number of hydrogen-bond donors (Lipinski definition) is 2. The molecular weight excluding hydrogens is 226 g/mol. The predicted molar refractivity (Wildman–Crippen MR) is 57.5 cm³/mol. The molecule has 0 aromatic heterocycles. The van der Waals surface area contributed by atoms with Crippen molar-refractivity contribution in [1.29, 1.82) is 0 Å². The van der Waals surface area contributed by atoms with Crippen LogP contribution in [0.2, 0.25) is 0 Å². The van der Waals surface area contributed by atoms with E-state index in [1.807, 2.05) is 0 Å². The second-order valence-corrected chi connectivity index (χ2v) is 4.80. The highest BCUT2D eigenvalue weighted by Crippen LogP contribution is 2.29. The molecule has 0 aromatic rings. The molecule has 2 aliphatic rings. The first-order valence-electron chi connectivity index (χ1n) is 5.77. The lowest BCUT2D eigenvalue weighted by atomic mass is 9.85. The minimum Gasteiger partial charge on any atom is -0.481 e. The van der Waals surface area contributed by atoms with Gasteiger partial charge in [-0.1, -0.05) is 0 Å². The summed E-state index contributed by atoms with van der Waals surface area (Å²) >= 11 is 0. The standard InChI is InChI=1S/C11H17NO5/c1-11(10(14)15)6-16-5-8(11)12-9(13)7-3-2-4-17-7/h7-8H,2-6H2,1H3,(H,12,13)(H,14,15)/t7-,8?,11?/m1/s1. The van der Waals surface area contributed by atoms with Crippen LogP contribution in [0.4, 0.5) is 0 Å². The van der Waals surface area contributed by atoms with E-state index < -0.39 is 23.5 Å². The number of aliphatic carboxylic acids is 1. The summed E-state index contributed by atoms with van der Waals surface area (Å²) < 4.78 is 10.4. The van der Waals surface area contributed by atoms with Crippen molar-refractivity contribution in [2.75, 3.05) is 19.8 Å². The summed E-state index contributed by atoms with van der Waals surface area (Å²) in [6.45, 7) is 2.54. The molecule has 96 valence electrons. The third kappa shape index (κ3) is 2.28. The molecule has 2 rings (SSSR count). The number of carbonyl (C=O) groups excluding carboxylic acids is 1. The van der Waals surface area contributed by atoms with Gasteiger partial charge in [-0.15, -0.1) is 0 Å². The van der Waals surface area contributed by atoms with Crippen molar-refractivity contribution in [1.82, 2.24) is 5.32 Å². The molecule has 0 saturated carbocycles. The van der Waals surface area contributed by atoms with Gasteiger partial charge in [0.2, 0.25) is 5.91 Å². The van der Waals surface area contributed by atoms with Crippen molar-refractivity contribution >= 4 is 11.9 Å². The molecule has 6 nitrogen and oxygen atoms in total. The zero-order chi connectivity index (χ0) is 12.5. The van der Waals surface area contributed by atoms with E-state index in [4.69, 9.17) is 14.6 Å². The summed E-state index contributed by atoms with van der Waals surface area (Å²) in [5, 5.41) is 11.9. The van der Waals surface area contributed by atoms with E-state index in [-0.39, 0.29) is 19.1 Å². The van der Waals surface area contributed by atoms with Gasteiger partial charge in [-0.05, 0) is 19.8 Å². The molecule has 0 radical (unpaired) electrons. The van der Waals surface area contributed by atoms with Crippen LogP contribution in [-0.4, -0.2) is 48.9 Å². The molecule has 0 spiro atoms. The lowest BCUT2D eigenvalue weighted by Crippen LogP contribution is -2.52. The van der Waals surface area contributed by atoms with Crippen LogP contribution in [0, 0.1) is 5.41 Å². The number of nitrogens with one attached hydrogen (secondary N) is 1. The maximum Gasteiger partial charge on any atom is 0.313 e. The third-order valence-electron chi connectivity index (χ3n) is 3.48. The second kappa shape index (κ2) is 4.62. The third-order valence-corrected chi connectivity index (χ3v) is 3.48. The highest BCUT2D eigenvalue weighted by Gasteiger charge is 2.47. The SMILES string of the molecule is CC1(C(=O)O)COCC1NC(=O)[C@H]1CCCO1. The van der Waals surface area contributed by atoms with Crippen molar-refractivity contribution in [2.24, 2.45) is 5.41 Å². The minimum absolute atomic E-state index is 0.124. The molecule has 0 aromatic carbocycles. The average Bonchev–Trinajstić information content (AvgIpc) is 2.89. The van der Waals surface area contributed by atoms with Gasteiger partial charge in [-0.3, -0.25) is 9.59 Å². The smallest absolute Gasteiger partial charge is 0.313 e. The lowest BCUT2D eigenvalue weighted by molar-refractivity contribution is -0.149. The van der Waals surface area contributed by atoms with Gasteiger partial charge in [0.05, 0.1) is 19.3 Å². The fraction of sp³-hybridized carbons (Fsp3) is 0.818. The van der Waals surface area contributed by atoms with E-state index in [1.165, 1.54) is 0 Å². The Bertz CT molecular complexity index is 326. The summed E-state index contributed by atoms with van der Waals surface area (Å²) in [4.78, 5) is 23.0. The lowest BCUT2D eigenvalue weighted by Gasteiger charge is -2.26. The average molecular weight is 243 g/mol. The quantitative estimate of drug-likeness (QED) is 0.715. The van der Waals surface area contributed by atoms with Gasteiger partial charge in [-0.2, -0.15) is 0 Å². The van der Waals surface area contributed by atoms with E-state index in [0.29, 0.717) is 13.0 Å². The molecule has 2 saturated heterocycles. The van der Waals surface area contributed by atoms with Crippen LogP contribution in [0.25, 0.3) is 0 Å². The molecule has 2 aliphatic heterocycles. The van der Waals surface area contributed by atoms with E-state index in [0.717, 1.165) is 6.42 Å². The van der Waals surface area contributed by atoms with E-state index in [9.17, 15) is 9.59 Å². The summed E-state index contributed by atoms with van der Waals surface area (Å²) in [7, 11) is 0. The molecule has 2 N–H and O–H groups in total. The largest absolute Gasteiger partial charge is 0.481 e. The van der Waals surface area contributed by atoms with Gasteiger partial charge in [-0.25, -0.2) is 0 Å². The summed E-state index contributed by atoms with van der Waals surface area (Å²) in [5.74, 6) is -1.18. The Morgan fingerprint density at radius 2 is 2.24 bits per heavy atom. The highest BCUT2D eigenvalue weighted by atomic mass is 16.5. The summed E-state index contributed by atoms with van der Waals surface area (Å²) in [5.41, 5.74) is -1.05. The number of carboxylic acid groups (broad SMARTS) is 1. The molecule has 2 unspecified atom stereocenters. The predicted octanol–water partition coefficient (Wildman–Crippen LogP) is -0.229. The van der Waals surface area contributed by atoms with Gasteiger partial charge in [0.1, 0.15) is 11.5 Å². The zero-order valence-electron chi connectivity index (χ0n) is 9.77. The van der Waals surface area contributed by atoms with Crippen molar-refractivity contribution < 1.29 is 24.2 Å². The normalized spacial score (nSPS) is 37.0. The van der Waals surface area contributed by atoms with Crippen LogP contribution in [0.15, 0.2) is 0 Å². The Labute approximate surface area is 99.3 Å². The maximum atomic E-state index is 11.8. The van der Waals surface area contributed by atoms with Crippen LogP contribution in [0.5, 0.6) is 0 Å². The van der Waals surface area contributed by atoms with Crippen molar-refractivity contribution in [3.8, 4) is 0 Å². The first kappa shape index (κ1) is 12.3. The molecule has 0 bridgehead atoms. The first-order valence-corrected chi connectivity index (χ1v) is 5.77. The second-order valence-electron chi connectivity index (χ2n) is 4.80. The van der Waals surface area contributed by atoms with E-state index in [1.54, 1.807) is 6.92 Å². The van der Waals surface area contributed by atoms with Gasteiger partial charge in [0.15, 0.2) is 0 Å². The van der Waals surface area contributed by atoms with Gasteiger partial charge in [0, 0.05) is 6.61 Å². The van der Waals surface area contributed by atoms with Crippen LogP contribution in [0.1, 0.15) is 19.8 Å². The van der Waals surface area contributed by atoms with Crippen LogP contribution < -0.4 is 5.32 Å². The first-order chi connectivity index (χ1) is 8.04. The number of ether oxygens (including phenoxy) is 2. The Balaban J connectivity index is 1.98. The maximum absolute atomic E-state index is 11.8. The monoisotopic (exact) mass is 243 g/mol. The fourth-order valence-corrected chi connectivity index (χ4v) is 2.13. The molecule has 6 heteroatoms. The fourth-order valence-electron chi connectivity index (χ4n) is 2.13. The Kier molecular flexibility index (Phi) is 3.35. The molecule has 1 amide bonds. The number of rotatable bonds is 3. The van der Waals surface area contributed by atoms with Crippen LogP contribution in [0.3, 0.4) is 0 Å². The number of hydrogen-bond acceptors (Lipinski definition) is 4. The number of amides is 1. The molecule has 17 heavy (non-hydrogen) atoms. The van der Waals surface area contributed by atoms with Crippen LogP contribution >= 0.6 is 0 Å². The van der Waals surface area contributed by atoms with Crippen molar-refractivity contribution in [2.45, 2.75) is 31.9 Å². The minimum atomic E-state index is -1.05. The van der Waals surface area contributed by atoms with Crippen molar-refractivity contribution in [3.05, 3.63) is 0 Å². The summed E-state index contributed by atoms with van der Waals surface area (Å²) in [6.07, 6.45) is 1.13. The van der Waals surface area contributed by atoms with E-state index >= 15 is 0 Å². The number of carboxylic acids is 1. The molecule has 2 fully saturated rings. The summed E-state index contributed by atoms with van der Waals surface area (Å²) in [6, 6.07) is -0.489. The highest BCUT2D eigenvalue weighted by molar-refractivity contribution is 5.83. The van der Waals surface area contributed by atoms with Crippen LogP contribution in [-0.2, 0) is 19.1 Å². The van der Waals surface area contributed by atoms with Gasteiger partial charge >= 0.3 is 5.97 Å². The topological polar surface area (TPSA) is 84.9 Å². The molecule has 0 aliphatic carbocycles. The van der Waals surface area contributed by atoms with Crippen molar-refractivity contribution in [3.63, 3.8) is 0 Å². The Morgan fingerprint density at radius 1 is 1.47 bits per heavy atom. The van der Waals surface area contributed by atoms with E-state index in [2.05, 4.69) is 5.32 Å². The molecule has 2 heterocycles.